The van der Waals surface area contributed by atoms with Gasteiger partial charge < -0.3 is 10.6 Å². The first-order chi connectivity index (χ1) is 11.3. The zero-order valence-corrected chi connectivity index (χ0v) is 17.4. The van der Waals surface area contributed by atoms with Gasteiger partial charge in [0.15, 0.2) is 5.96 Å². The van der Waals surface area contributed by atoms with E-state index in [0.717, 1.165) is 51.1 Å². The van der Waals surface area contributed by atoms with Crippen LogP contribution < -0.4 is 10.6 Å². The predicted octanol–water partition coefficient (Wildman–Crippen LogP) is 2.32. The fourth-order valence-electron chi connectivity index (χ4n) is 3.01. The van der Waals surface area contributed by atoms with Crippen LogP contribution in [0.4, 0.5) is 0 Å². The number of nitrogens with one attached hydrogen (secondary N) is 2. The molecule has 0 spiro atoms. The Labute approximate surface area is 163 Å². The summed E-state index contributed by atoms with van der Waals surface area (Å²) in [5.41, 5.74) is 0. The second-order valence-corrected chi connectivity index (χ2v) is 6.19. The SMILES string of the molecule is CCNC(=NCCCn1cccn1)NCCN1CCCCC1C.I. The maximum absolute atomic E-state index is 4.65. The molecule has 138 valence electrons. The van der Waals surface area contributed by atoms with E-state index in [1.165, 1.54) is 25.8 Å². The van der Waals surface area contributed by atoms with Crippen molar-refractivity contribution in [1.82, 2.24) is 25.3 Å². The van der Waals surface area contributed by atoms with Crippen molar-refractivity contribution >= 4 is 29.9 Å². The third-order valence-corrected chi connectivity index (χ3v) is 4.35. The van der Waals surface area contributed by atoms with Crippen LogP contribution in [0.2, 0.25) is 0 Å². The van der Waals surface area contributed by atoms with E-state index in [1.807, 2.05) is 23.1 Å². The highest BCUT2D eigenvalue weighted by molar-refractivity contribution is 14.0. The van der Waals surface area contributed by atoms with Gasteiger partial charge in [-0.1, -0.05) is 6.42 Å². The topological polar surface area (TPSA) is 57.5 Å². The van der Waals surface area contributed by atoms with Crippen molar-refractivity contribution in [2.75, 3.05) is 32.7 Å². The van der Waals surface area contributed by atoms with Crippen LogP contribution in [0.3, 0.4) is 0 Å². The number of likely N-dealkylation sites (tertiary alicyclic amines) is 1. The molecule has 0 radical (unpaired) electrons. The van der Waals surface area contributed by atoms with Gasteiger partial charge in [0.2, 0.25) is 0 Å². The Morgan fingerprint density at radius 1 is 1.29 bits per heavy atom. The molecule has 2 heterocycles. The van der Waals surface area contributed by atoms with Crippen LogP contribution in [0.25, 0.3) is 0 Å². The summed E-state index contributed by atoms with van der Waals surface area (Å²) >= 11 is 0. The maximum Gasteiger partial charge on any atom is 0.191 e. The number of piperidine rings is 1. The zero-order valence-electron chi connectivity index (χ0n) is 15.1. The van der Waals surface area contributed by atoms with Gasteiger partial charge in [-0.3, -0.25) is 14.6 Å². The monoisotopic (exact) mass is 448 g/mol. The second kappa shape index (κ2) is 12.5. The molecule has 2 rings (SSSR count). The number of rotatable bonds is 8. The molecule has 1 aliphatic rings. The highest BCUT2D eigenvalue weighted by Crippen LogP contribution is 2.15. The third kappa shape index (κ3) is 7.83. The van der Waals surface area contributed by atoms with E-state index in [1.54, 1.807) is 0 Å². The summed E-state index contributed by atoms with van der Waals surface area (Å²) < 4.78 is 1.95. The van der Waals surface area contributed by atoms with Gasteiger partial charge in [-0.05, 0) is 45.7 Å². The minimum absolute atomic E-state index is 0. The van der Waals surface area contributed by atoms with Crippen molar-refractivity contribution in [3.8, 4) is 0 Å². The molecule has 1 unspecified atom stereocenters. The Balaban J connectivity index is 0.00000288. The molecule has 1 atom stereocenters. The lowest BCUT2D eigenvalue weighted by atomic mass is 10.0. The summed E-state index contributed by atoms with van der Waals surface area (Å²) in [6.07, 6.45) is 8.86. The van der Waals surface area contributed by atoms with Gasteiger partial charge in [0.05, 0.1) is 0 Å². The lowest BCUT2D eigenvalue weighted by molar-refractivity contribution is 0.163. The zero-order chi connectivity index (χ0) is 16.3. The van der Waals surface area contributed by atoms with Gasteiger partial charge in [0, 0.05) is 51.2 Å². The predicted molar refractivity (Wildman–Crippen MR) is 111 cm³/mol. The van der Waals surface area contributed by atoms with Gasteiger partial charge >= 0.3 is 0 Å². The Kier molecular flexibility index (Phi) is 11.1. The molecule has 1 saturated heterocycles. The van der Waals surface area contributed by atoms with Crippen LogP contribution in [0.1, 0.15) is 39.5 Å². The largest absolute Gasteiger partial charge is 0.357 e. The van der Waals surface area contributed by atoms with Crippen molar-refractivity contribution in [1.29, 1.82) is 0 Å². The molecule has 0 aliphatic carbocycles. The summed E-state index contributed by atoms with van der Waals surface area (Å²) in [6, 6.07) is 2.68. The standard InChI is InChI=1S/C17H32N6.HI/c1-3-18-17(19-9-6-13-23-14-7-10-21-23)20-11-15-22-12-5-4-8-16(22)2;/h7,10,14,16H,3-6,8-9,11-13,15H2,1-2H3,(H2,18,19,20);1H. The first-order valence-electron chi connectivity index (χ1n) is 9.03. The maximum atomic E-state index is 4.65. The van der Waals surface area contributed by atoms with Crippen molar-refractivity contribution in [2.24, 2.45) is 4.99 Å². The Hall–Kier alpha value is -0.830. The normalized spacial score (nSPS) is 18.9. The van der Waals surface area contributed by atoms with Crippen LogP contribution in [-0.2, 0) is 6.54 Å². The lowest BCUT2D eigenvalue weighted by Gasteiger charge is -2.33. The highest BCUT2D eigenvalue weighted by atomic mass is 127. The molecule has 2 N–H and O–H groups in total. The van der Waals surface area contributed by atoms with Crippen molar-refractivity contribution in [2.45, 2.75) is 52.1 Å². The molecule has 0 saturated carbocycles. The van der Waals surface area contributed by atoms with Crippen molar-refractivity contribution < 1.29 is 0 Å². The number of nitrogens with zero attached hydrogens (tertiary/aromatic N) is 4. The molecule has 6 nitrogen and oxygen atoms in total. The van der Waals surface area contributed by atoms with E-state index in [-0.39, 0.29) is 24.0 Å². The van der Waals surface area contributed by atoms with E-state index < -0.39 is 0 Å². The van der Waals surface area contributed by atoms with Crippen LogP contribution in [-0.4, -0.2) is 59.4 Å². The van der Waals surface area contributed by atoms with Crippen LogP contribution >= 0.6 is 24.0 Å². The molecular formula is C17H33IN6. The van der Waals surface area contributed by atoms with Gasteiger partial charge in [-0.2, -0.15) is 5.10 Å². The Morgan fingerprint density at radius 3 is 2.88 bits per heavy atom. The van der Waals surface area contributed by atoms with Crippen LogP contribution in [0, 0.1) is 0 Å². The van der Waals surface area contributed by atoms with E-state index in [9.17, 15) is 0 Å². The fraction of sp³-hybridized carbons (Fsp3) is 0.765. The number of aromatic nitrogens is 2. The molecule has 7 heteroatoms. The van der Waals surface area contributed by atoms with E-state index >= 15 is 0 Å². The summed E-state index contributed by atoms with van der Waals surface area (Å²) in [5, 5.41) is 11.0. The summed E-state index contributed by atoms with van der Waals surface area (Å²) in [7, 11) is 0. The number of hydrogen-bond donors (Lipinski definition) is 2. The molecule has 0 amide bonds. The highest BCUT2D eigenvalue weighted by Gasteiger charge is 2.17. The number of hydrogen-bond acceptors (Lipinski definition) is 3. The smallest absolute Gasteiger partial charge is 0.191 e. The number of halogens is 1. The minimum Gasteiger partial charge on any atom is -0.357 e. The average Bonchev–Trinajstić information content (AvgIpc) is 3.06. The van der Waals surface area contributed by atoms with Gasteiger partial charge in [-0.25, -0.2) is 0 Å². The van der Waals surface area contributed by atoms with Crippen LogP contribution in [0.15, 0.2) is 23.5 Å². The Morgan fingerprint density at radius 2 is 2.17 bits per heavy atom. The minimum atomic E-state index is 0. The molecule has 1 fully saturated rings. The van der Waals surface area contributed by atoms with Crippen molar-refractivity contribution in [3.63, 3.8) is 0 Å². The molecular weight excluding hydrogens is 415 g/mol. The number of aryl methyl sites for hydroxylation is 1. The van der Waals surface area contributed by atoms with Crippen LogP contribution in [0.5, 0.6) is 0 Å². The lowest BCUT2D eigenvalue weighted by Crippen LogP contribution is -2.45. The summed E-state index contributed by atoms with van der Waals surface area (Å²) in [6.45, 7) is 10.4. The number of aliphatic imine (C=N–C) groups is 1. The fourth-order valence-corrected chi connectivity index (χ4v) is 3.01. The molecule has 1 aromatic heterocycles. The summed E-state index contributed by atoms with van der Waals surface area (Å²) in [4.78, 5) is 7.23. The molecule has 0 aromatic carbocycles. The Bertz CT molecular complexity index is 448. The molecule has 24 heavy (non-hydrogen) atoms. The van der Waals surface area contributed by atoms with Gasteiger partial charge in [-0.15, -0.1) is 24.0 Å². The number of guanidine groups is 1. The van der Waals surface area contributed by atoms with E-state index in [2.05, 4.69) is 39.5 Å². The third-order valence-electron chi connectivity index (χ3n) is 4.35. The second-order valence-electron chi connectivity index (χ2n) is 6.19. The summed E-state index contributed by atoms with van der Waals surface area (Å²) in [5.74, 6) is 0.928. The molecule has 1 aromatic rings. The van der Waals surface area contributed by atoms with E-state index in [4.69, 9.17) is 0 Å². The molecule has 1 aliphatic heterocycles. The first-order valence-corrected chi connectivity index (χ1v) is 9.03. The van der Waals surface area contributed by atoms with Gasteiger partial charge in [0.25, 0.3) is 0 Å². The molecule has 0 bridgehead atoms. The first kappa shape index (κ1) is 21.2. The van der Waals surface area contributed by atoms with Crippen molar-refractivity contribution in [3.05, 3.63) is 18.5 Å². The quantitative estimate of drug-likeness (QED) is 0.278. The van der Waals surface area contributed by atoms with E-state index in [0.29, 0.717) is 0 Å². The van der Waals surface area contributed by atoms with Gasteiger partial charge in [0.1, 0.15) is 0 Å². The average molecular weight is 448 g/mol.